The Bertz CT molecular complexity index is 1410. The molecule has 0 unspecified atom stereocenters. The maximum atomic E-state index is 12.7. The smallest absolute Gasteiger partial charge is 0.407 e. The van der Waals surface area contributed by atoms with Gasteiger partial charge in [0, 0.05) is 38.4 Å². The third-order valence-electron chi connectivity index (χ3n) is 6.17. The van der Waals surface area contributed by atoms with Crippen LogP contribution in [0.3, 0.4) is 0 Å². The Morgan fingerprint density at radius 3 is 2.17 bits per heavy atom. The maximum absolute atomic E-state index is 12.7. The van der Waals surface area contributed by atoms with Gasteiger partial charge in [-0.2, -0.15) is 0 Å². The summed E-state index contributed by atoms with van der Waals surface area (Å²) in [5.74, 6) is -0.0242. The number of halogens is 2. The van der Waals surface area contributed by atoms with Gasteiger partial charge in [0.15, 0.2) is 6.29 Å². The van der Waals surface area contributed by atoms with Gasteiger partial charge in [0.25, 0.3) is 0 Å². The average Bonchev–Trinajstić information content (AvgIpc) is 3.23. The summed E-state index contributed by atoms with van der Waals surface area (Å²) in [5.41, 5.74) is 5.85. The molecule has 0 heterocycles. The first-order chi connectivity index (χ1) is 17.6. The van der Waals surface area contributed by atoms with Crippen molar-refractivity contribution in [1.82, 2.24) is 5.32 Å². The number of carbonyl (C=O) groups excluding carboxylic acids is 2. The van der Waals surface area contributed by atoms with E-state index in [1.165, 1.54) is 22.9 Å². The SMILES string of the molecule is O=Cc1ccccc1Sc1c(Cl)ccc(Cl)c1CNC(=O)OCC1c2ccccc2-c2ccccc21. The molecule has 0 aromatic heterocycles. The van der Waals surface area contributed by atoms with E-state index in [1.54, 1.807) is 24.3 Å². The number of nitrogens with one attached hydrogen (secondary N) is 1. The fourth-order valence-corrected chi connectivity index (χ4v) is 6.09. The Morgan fingerprint density at radius 2 is 1.47 bits per heavy atom. The van der Waals surface area contributed by atoms with Crippen LogP contribution < -0.4 is 5.32 Å². The van der Waals surface area contributed by atoms with Gasteiger partial charge in [-0.1, -0.05) is 102 Å². The standard InChI is InChI=1S/C29H21Cl2NO3S/c30-25-13-14-26(31)28(36-27-12-6-1-7-18(27)16-33)23(25)15-32-29(34)35-17-24-21-10-4-2-8-19(21)20-9-3-5-11-22(20)24/h1-14,16,24H,15,17H2,(H,32,34). The van der Waals surface area contributed by atoms with E-state index in [-0.39, 0.29) is 19.1 Å². The summed E-state index contributed by atoms with van der Waals surface area (Å²) in [4.78, 5) is 25.6. The molecule has 1 amide bonds. The summed E-state index contributed by atoms with van der Waals surface area (Å²) in [5, 5.41) is 3.75. The summed E-state index contributed by atoms with van der Waals surface area (Å²) in [6, 6.07) is 27.0. The van der Waals surface area contributed by atoms with Crippen molar-refractivity contribution in [3.05, 3.63) is 117 Å². The highest BCUT2D eigenvalue weighted by molar-refractivity contribution is 7.99. The van der Waals surface area contributed by atoms with E-state index in [0.29, 0.717) is 26.1 Å². The Balaban J connectivity index is 1.29. The van der Waals surface area contributed by atoms with Crippen LogP contribution in [0.25, 0.3) is 11.1 Å². The highest BCUT2D eigenvalue weighted by Crippen LogP contribution is 2.44. The van der Waals surface area contributed by atoms with Crippen LogP contribution in [0.1, 0.15) is 33.0 Å². The summed E-state index contributed by atoms with van der Waals surface area (Å²) in [7, 11) is 0. The minimum Gasteiger partial charge on any atom is -0.449 e. The second-order valence-corrected chi connectivity index (χ2v) is 10.1. The molecule has 1 aliphatic rings. The molecule has 1 N–H and O–H groups in total. The number of alkyl carbamates (subject to hydrolysis) is 1. The number of hydrogen-bond acceptors (Lipinski definition) is 4. The van der Waals surface area contributed by atoms with Crippen LogP contribution in [0.4, 0.5) is 4.79 Å². The first-order valence-corrected chi connectivity index (χ1v) is 12.9. The van der Waals surface area contributed by atoms with Crippen LogP contribution >= 0.6 is 35.0 Å². The molecule has 1 aliphatic carbocycles. The van der Waals surface area contributed by atoms with Crippen molar-refractivity contribution in [3.8, 4) is 11.1 Å². The maximum Gasteiger partial charge on any atom is 0.407 e. The van der Waals surface area contributed by atoms with E-state index in [4.69, 9.17) is 27.9 Å². The normalized spacial score (nSPS) is 12.1. The minimum atomic E-state index is -0.544. The van der Waals surface area contributed by atoms with Gasteiger partial charge in [0.05, 0.1) is 5.02 Å². The zero-order valence-corrected chi connectivity index (χ0v) is 21.4. The van der Waals surface area contributed by atoms with Gasteiger partial charge in [-0.15, -0.1) is 0 Å². The topological polar surface area (TPSA) is 55.4 Å². The number of benzene rings is 4. The largest absolute Gasteiger partial charge is 0.449 e. The molecular formula is C29H21Cl2NO3S. The number of rotatable bonds is 7. The zero-order valence-electron chi connectivity index (χ0n) is 19.0. The zero-order chi connectivity index (χ0) is 25.1. The van der Waals surface area contributed by atoms with Gasteiger partial charge in [0.2, 0.25) is 0 Å². The van der Waals surface area contributed by atoms with E-state index in [9.17, 15) is 9.59 Å². The first-order valence-electron chi connectivity index (χ1n) is 11.3. The average molecular weight is 534 g/mol. The van der Waals surface area contributed by atoms with Crippen LogP contribution in [0, 0.1) is 0 Å². The van der Waals surface area contributed by atoms with E-state index in [1.807, 2.05) is 36.4 Å². The molecule has 0 saturated carbocycles. The minimum absolute atomic E-state index is 0.0242. The fraction of sp³-hybridized carbons (Fsp3) is 0.103. The molecular weight excluding hydrogens is 513 g/mol. The fourth-order valence-electron chi connectivity index (χ4n) is 4.44. The third-order valence-corrected chi connectivity index (χ3v) is 8.21. The number of amides is 1. The van der Waals surface area contributed by atoms with Crippen molar-refractivity contribution in [2.75, 3.05) is 6.61 Å². The molecule has 0 spiro atoms. The lowest BCUT2D eigenvalue weighted by Gasteiger charge is -2.16. The van der Waals surface area contributed by atoms with Crippen molar-refractivity contribution < 1.29 is 14.3 Å². The number of ether oxygens (including phenoxy) is 1. The van der Waals surface area contributed by atoms with Gasteiger partial charge < -0.3 is 10.1 Å². The van der Waals surface area contributed by atoms with Crippen LogP contribution in [-0.4, -0.2) is 19.0 Å². The lowest BCUT2D eigenvalue weighted by atomic mass is 9.98. The van der Waals surface area contributed by atoms with Crippen molar-refractivity contribution in [3.63, 3.8) is 0 Å². The van der Waals surface area contributed by atoms with E-state index < -0.39 is 6.09 Å². The van der Waals surface area contributed by atoms with Gasteiger partial charge in [-0.25, -0.2) is 4.79 Å². The van der Waals surface area contributed by atoms with Gasteiger partial charge in [-0.3, -0.25) is 4.79 Å². The van der Waals surface area contributed by atoms with Crippen molar-refractivity contribution in [2.45, 2.75) is 22.3 Å². The molecule has 0 bridgehead atoms. The Labute approximate surface area is 223 Å². The van der Waals surface area contributed by atoms with Gasteiger partial charge >= 0.3 is 6.09 Å². The molecule has 4 nitrogen and oxygen atoms in total. The van der Waals surface area contributed by atoms with Gasteiger partial charge in [0.1, 0.15) is 6.61 Å². The number of hydrogen-bond donors (Lipinski definition) is 1. The third kappa shape index (κ3) is 4.87. The molecule has 4 aromatic rings. The monoisotopic (exact) mass is 533 g/mol. The van der Waals surface area contributed by atoms with Crippen molar-refractivity contribution in [1.29, 1.82) is 0 Å². The summed E-state index contributed by atoms with van der Waals surface area (Å²) < 4.78 is 5.65. The van der Waals surface area contributed by atoms with Gasteiger partial charge in [-0.05, 0) is 40.5 Å². The number of carbonyl (C=O) groups is 2. The van der Waals surface area contributed by atoms with Crippen LogP contribution in [0.5, 0.6) is 0 Å². The molecule has 5 rings (SSSR count). The summed E-state index contributed by atoms with van der Waals surface area (Å²) in [6.07, 6.45) is 0.257. The second-order valence-electron chi connectivity index (χ2n) is 8.27. The lowest BCUT2D eigenvalue weighted by molar-refractivity contribution is 0.112. The molecule has 36 heavy (non-hydrogen) atoms. The van der Waals surface area contributed by atoms with E-state index >= 15 is 0 Å². The van der Waals surface area contributed by atoms with Crippen LogP contribution in [0.15, 0.2) is 94.7 Å². The van der Waals surface area contributed by atoms with Crippen molar-refractivity contribution in [2.24, 2.45) is 0 Å². The Kier molecular flexibility index (Phi) is 7.33. The highest BCUT2D eigenvalue weighted by Gasteiger charge is 2.29. The number of aldehydes is 1. The predicted octanol–water partition coefficient (Wildman–Crippen LogP) is 8.00. The van der Waals surface area contributed by atoms with Crippen LogP contribution in [-0.2, 0) is 11.3 Å². The summed E-state index contributed by atoms with van der Waals surface area (Å²) >= 11 is 14.3. The summed E-state index contributed by atoms with van der Waals surface area (Å²) in [6.45, 7) is 0.346. The van der Waals surface area contributed by atoms with E-state index in [0.717, 1.165) is 22.3 Å². The molecule has 0 atom stereocenters. The number of fused-ring (bicyclic) bond motifs is 3. The van der Waals surface area contributed by atoms with Crippen molar-refractivity contribution >= 4 is 47.3 Å². The molecule has 0 aliphatic heterocycles. The molecule has 180 valence electrons. The van der Waals surface area contributed by atoms with Crippen LogP contribution in [0.2, 0.25) is 10.0 Å². The predicted molar refractivity (Wildman–Crippen MR) is 144 cm³/mol. The molecule has 4 aromatic carbocycles. The molecule has 0 saturated heterocycles. The molecule has 7 heteroatoms. The molecule has 0 fully saturated rings. The quantitative estimate of drug-likeness (QED) is 0.244. The highest BCUT2D eigenvalue weighted by atomic mass is 35.5. The Morgan fingerprint density at radius 1 is 0.861 bits per heavy atom. The Hall–Kier alpha value is -3.25. The first kappa shape index (κ1) is 24.4. The lowest BCUT2D eigenvalue weighted by Crippen LogP contribution is -2.26. The van der Waals surface area contributed by atoms with E-state index in [2.05, 4.69) is 29.6 Å². The molecule has 0 radical (unpaired) electrons. The second kappa shape index (κ2) is 10.8.